The molecule has 31 heavy (non-hydrogen) atoms. The average Bonchev–Trinajstić information content (AvgIpc) is 3.16. The molecule has 1 N–H and O–H groups in total. The minimum absolute atomic E-state index is 0.0257. The van der Waals surface area contributed by atoms with Gasteiger partial charge in [-0.15, -0.1) is 11.8 Å². The summed E-state index contributed by atoms with van der Waals surface area (Å²) in [6.07, 6.45) is 0. The van der Waals surface area contributed by atoms with Crippen LogP contribution in [0.25, 0.3) is 0 Å². The molecule has 3 aromatic rings. The third kappa shape index (κ3) is 4.70. The van der Waals surface area contributed by atoms with Gasteiger partial charge in [-0.1, -0.05) is 35.9 Å². The summed E-state index contributed by atoms with van der Waals surface area (Å²) in [4.78, 5) is 27.1. The van der Waals surface area contributed by atoms with Crippen LogP contribution in [0.1, 0.15) is 28.2 Å². The van der Waals surface area contributed by atoms with Gasteiger partial charge in [-0.3, -0.25) is 14.5 Å². The zero-order valence-electron chi connectivity index (χ0n) is 16.9. The molecule has 1 atom stereocenters. The standard InChI is InChI=1S/C24H21ClN2O3S/c1-2-30-21-9-4-3-8-20(21)27-22(28)15-31-24(27)17-6-5-7-19(14-17)26-23(29)16-10-12-18(25)13-11-16/h3-14,24H,2,15H2,1H3,(H,26,29). The van der Waals surface area contributed by atoms with Crippen molar-refractivity contribution in [2.45, 2.75) is 12.3 Å². The van der Waals surface area contributed by atoms with Gasteiger partial charge in [0.2, 0.25) is 5.91 Å². The molecule has 4 rings (SSSR count). The fourth-order valence-electron chi connectivity index (χ4n) is 3.44. The van der Waals surface area contributed by atoms with Crippen LogP contribution in [0.3, 0.4) is 0 Å². The molecular weight excluding hydrogens is 432 g/mol. The highest BCUT2D eigenvalue weighted by Crippen LogP contribution is 2.45. The van der Waals surface area contributed by atoms with E-state index in [0.717, 1.165) is 11.3 Å². The van der Waals surface area contributed by atoms with Crippen LogP contribution >= 0.6 is 23.4 Å². The summed E-state index contributed by atoms with van der Waals surface area (Å²) in [6, 6.07) is 21.9. The minimum Gasteiger partial charge on any atom is -0.492 e. The monoisotopic (exact) mass is 452 g/mol. The quantitative estimate of drug-likeness (QED) is 0.515. The number of carbonyl (C=O) groups is 2. The van der Waals surface area contributed by atoms with Crippen molar-refractivity contribution in [2.24, 2.45) is 0 Å². The number of hydrogen-bond acceptors (Lipinski definition) is 4. The largest absolute Gasteiger partial charge is 0.492 e. The fourth-order valence-corrected chi connectivity index (χ4v) is 4.72. The molecule has 1 aliphatic rings. The molecule has 0 bridgehead atoms. The predicted molar refractivity (Wildman–Crippen MR) is 126 cm³/mol. The van der Waals surface area contributed by atoms with E-state index in [1.165, 1.54) is 0 Å². The second-order valence-electron chi connectivity index (χ2n) is 6.91. The van der Waals surface area contributed by atoms with E-state index in [2.05, 4.69) is 5.32 Å². The molecule has 1 saturated heterocycles. The Kier molecular flexibility index (Phi) is 6.49. The van der Waals surface area contributed by atoms with Gasteiger partial charge in [0, 0.05) is 16.3 Å². The summed E-state index contributed by atoms with van der Waals surface area (Å²) >= 11 is 7.45. The highest BCUT2D eigenvalue weighted by Gasteiger charge is 2.35. The zero-order valence-corrected chi connectivity index (χ0v) is 18.5. The second kappa shape index (κ2) is 9.45. The van der Waals surface area contributed by atoms with Gasteiger partial charge >= 0.3 is 0 Å². The molecule has 2 amide bonds. The molecular formula is C24H21ClN2O3S. The number of para-hydroxylation sites is 2. The molecule has 5 nitrogen and oxygen atoms in total. The van der Waals surface area contributed by atoms with Crippen molar-refractivity contribution in [3.8, 4) is 5.75 Å². The molecule has 0 aromatic heterocycles. The van der Waals surface area contributed by atoms with Gasteiger partial charge in [0.15, 0.2) is 0 Å². The molecule has 158 valence electrons. The number of nitrogens with one attached hydrogen (secondary N) is 1. The Balaban J connectivity index is 1.60. The van der Waals surface area contributed by atoms with Gasteiger partial charge in [-0.2, -0.15) is 0 Å². The fraction of sp³-hybridized carbons (Fsp3) is 0.167. The first-order valence-corrected chi connectivity index (χ1v) is 11.3. The van der Waals surface area contributed by atoms with E-state index in [4.69, 9.17) is 16.3 Å². The highest BCUT2D eigenvalue weighted by molar-refractivity contribution is 8.00. The minimum atomic E-state index is -0.220. The van der Waals surface area contributed by atoms with Crippen LogP contribution in [-0.2, 0) is 4.79 Å². The van der Waals surface area contributed by atoms with Crippen LogP contribution in [0.15, 0.2) is 72.8 Å². The normalized spacial score (nSPS) is 15.7. The van der Waals surface area contributed by atoms with Gasteiger partial charge in [-0.25, -0.2) is 0 Å². The Morgan fingerprint density at radius 3 is 2.68 bits per heavy atom. The number of carbonyl (C=O) groups excluding carboxylic acids is 2. The van der Waals surface area contributed by atoms with Crippen molar-refractivity contribution in [1.29, 1.82) is 0 Å². The third-order valence-corrected chi connectivity index (χ3v) is 6.29. The van der Waals surface area contributed by atoms with Crippen LogP contribution in [0, 0.1) is 0 Å². The number of rotatable bonds is 6. The number of halogens is 1. The molecule has 7 heteroatoms. The van der Waals surface area contributed by atoms with Crippen LogP contribution in [0.2, 0.25) is 5.02 Å². The van der Waals surface area contributed by atoms with E-state index >= 15 is 0 Å². The molecule has 1 heterocycles. The molecule has 0 spiro atoms. The lowest BCUT2D eigenvalue weighted by Crippen LogP contribution is -2.28. The van der Waals surface area contributed by atoms with Crippen molar-refractivity contribution in [3.05, 3.63) is 88.9 Å². The number of amides is 2. The summed E-state index contributed by atoms with van der Waals surface area (Å²) in [5.74, 6) is 0.866. The number of nitrogens with zero attached hydrogens (tertiary/aromatic N) is 1. The number of ether oxygens (including phenoxy) is 1. The lowest BCUT2D eigenvalue weighted by Gasteiger charge is -2.26. The van der Waals surface area contributed by atoms with Crippen LogP contribution in [0.5, 0.6) is 5.75 Å². The Hall–Kier alpha value is -2.96. The van der Waals surface area contributed by atoms with E-state index in [9.17, 15) is 9.59 Å². The first-order chi connectivity index (χ1) is 15.1. The summed E-state index contributed by atoms with van der Waals surface area (Å²) < 4.78 is 5.75. The van der Waals surface area contributed by atoms with E-state index in [-0.39, 0.29) is 17.2 Å². The Labute approximate surface area is 190 Å². The van der Waals surface area contributed by atoms with Crippen LogP contribution in [-0.4, -0.2) is 24.2 Å². The number of thioether (sulfide) groups is 1. The molecule has 1 fully saturated rings. The summed E-state index contributed by atoms with van der Waals surface area (Å²) in [7, 11) is 0. The van der Waals surface area contributed by atoms with Crippen molar-refractivity contribution in [2.75, 3.05) is 22.6 Å². The van der Waals surface area contributed by atoms with Gasteiger partial charge in [-0.05, 0) is 61.0 Å². The smallest absolute Gasteiger partial charge is 0.255 e. The van der Waals surface area contributed by atoms with E-state index in [0.29, 0.717) is 34.4 Å². The summed E-state index contributed by atoms with van der Waals surface area (Å²) in [6.45, 7) is 2.44. The third-order valence-electron chi connectivity index (χ3n) is 4.83. The van der Waals surface area contributed by atoms with Gasteiger partial charge < -0.3 is 10.1 Å². The van der Waals surface area contributed by atoms with Crippen molar-refractivity contribution in [3.63, 3.8) is 0 Å². The highest BCUT2D eigenvalue weighted by atomic mass is 35.5. The molecule has 1 unspecified atom stereocenters. The second-order valence-corrected chi connectivity index (χ2v) is 8.42. The van der Waals surface area contributed by atoms with Gasteiger partial charge in [0.25, 0.3) is 5.91 Å². The zero-order chi connectivity index (χ0) is 21.8. The maximum Gasteiger partial charge on any atom is 0.255 e. The Bertz CT molecular complexity index is 1100. The van der Waals surface area contributed by atoms with Crippen molar-refractivity contribution >= 4 is 46.6 Å². The number of hydrogen-bond donors (Lipinski definition) is 1. The lowest BCUT2D eigenvalue weighted by atomic mass is 10.1. The molecule has 0 radical (unpaired) electrons. The average molecular weight is 453 g/mol. The van der Waals surface area contributed by atoms with Gasteiger partial charge in [0.1, 0.15) is 11.1 Å². The Morgan fingerprint density at radius 2 is 1.90 bits per heavy atom. The van der Waals surface area contributed by atoms with E-state index in [1.54, 1.807) is 40.9 Å². The van der Waals surface area contributed by atoms with Gasteiger partial charge in [0.05, 0.1) is 18.0 Å². The lowest BCUT2D eigenvalue weighted by molar-refractivity contribution is -0.115. The molecule has 0 saturated carbocycles. The van der Waals surface area contributed by atoms with E-state index < -0.39 is 0 Å². The van der Waals surface area contributed by atoms with E-state index in [1.807, 2.05) is 55.5 Å². The molecule has 1 aliphatic heterocycles. The maximum absolute atomic E-state index is 12.8. The molecule has 0 aliphatic carbocycles. The molecule has 3 aromatic carbocycles. The Morgan fingerprint density at radius 1 is 1.13 bits per heavy atom. The maximum atomic E-state index is 12.8. The number of benzene rings is 3. The predicted octanol–water partition coefficient (Wildman–Crippen LogP) is 5.77. The number of anilines is 2. The topological polar surface area (TPSA) is 58.6 Å². The SMILES string of the molecule is CCOc1ccccc1N1C(=O)CSC1c1cccc(NC(=O)c2ccc(Cl)cc2)c1. The summed E-state index contributed by atoms with van der Waals surface area (Å²) in [5.41, 5.74) is 2.86. The first kappa shape index (κ1) is 21.3. The first-order valence-electron chi connectivity index (χ1n) is 9.89. The van der Waals surface area contributed by atoms with Crippen molar-refractivity contribution in [1.82, 2.24) is 0 Å². The van der Waals surface area contributed by atoms with Crippen molar-refractivity contribution < 1.29 is 14.3 Å². The van der Waals surface area contributed by atoms with Crippen LogP contribution < -0.4 is 15.0 Å². The van der Waals surface area contributed by atoms with Crippen LogP contribution in [0.4, 0.5) is 11.4 Å². The summed E-state index contributed by atoms with van der Waals surface area (Å²) in [5, 5.41) is 3.29.